The van der Waals surface area contributed by atoms with Gasteiger partial charge in [0.1, 0.15) is 5.82 Å². The second kappa shape index (κ2) is 5.72. The van der Waals surface area contributed by atoms with Crippen LogP contribution in [0.5, 0.6) is 0 Å². The molecule has 0 aliphatic rings. The number of anilines is 1. The van der Waals surface area contributed by atoms with Gasteiger partial charge in [0.05, 0.1) is 5.56 Å². The molecule has 0 aliphatic heterocycles. The van der Waals surface area contributed by atoms with Crippen LogP contribution in [0.3, 0.4) is 0 Å². The highest BCUT2D eigenvalue weighted by Gasteiger charge is 2.12. The third-order valence-electron chi connectivity index (χ3n) is 2.61. The molecule has 1 N–H and O–H groups in total. The van der Waals surface area contributed by atoms with Crippen molar-refractivity contribution in [1.82, 2.24) is 0 Å². The Morgan fingerprint density at radius 3 is 2.68 bits per heavy atom. The Kier molecular flexibility index (Phi) is 4.22. The van der Waals surface area contributed by atoms with Crippen LogP contribution < -0.4 is 5.32 Å². The number of rotatable bonds is 2. The minimum absolute atomic E-state index is 0.302. The Hall–Kier alpha value is -1.39. The van der Waals surface area contributed by atoms with Crippen molar-refractivity contribution in [3.63, 3.8) is 0 Å². The quantitative estimate of drug-likeness (QED) is 0.834. The van der Waals surface area contributed by atoms with Gasteiger partial charge in [0.15, 0.2) is 0 Å². The molecule has 2 nitrogen and oxygen atoms in total. The molecule has 0 bridgehead atoms. The van der Waals surface area contributed by atoms with Crippen molar-refractivity contribution in [2.45, 2.75) is 6.92 Å². The number of carbonyl (C=O) groups is 1. The van der Waals surface area contributed by atoms with Gasteiger partial charge in [-0.1, -0.05) is 11.6 Å². The van der Waals surface area contributed by atoms with Crippen LogP contribution in [0.25, 0.3) is 0 Å². The molecule has 0 fully saturated rings. The van der Waals surface area contributed by atoms with E-state index >= 15 is 0 Å². The maximum atomic E-state index is 13.0. The van der Waals surface area contributed by atoms with Crippen LogP contribution in [-0.4, -0.2) is 5.91 Å². The topological polar surface area (TPSA) is 29.1 Å². The van der Waals surface area contributed by atoms with Crippen LogP contribution >= 0.6 is 27.5 Å². The third kappa shape index (κ3) is 3.33. The molecule has 2 aromatic carbocycles. The first-order chi connectivity index (χ1) is 8.97. The summed E-state index contributed by atoms with van der Waals surface area (Å²) in [5.74, 6) is -0.636. The predicted octanol–water partition coefficient (Wildman–Crippen LogP) is 4.80. The number of carbonyl (C=O) groups excluding carboxylic acids is 1. The maximum Gasteiger partial charge on any atom is 0.256 e. The van der Waals surface area contributed by atoms with Gasteiger partial charge in [-0.3, -0.25) is 4.79 Å². The molecule has 0 saturated heterocycles. The van der Waals surface area contributed by atoms with Crippen molar-refractivity contribution in [1.29, 1.82) is 0 Å². The molecule has 0 saturated carbocycles. The van der Waals surface area contributed by atoms with E-state index in [1.54, 1.807) is 25.1 Å². The first-order valence-electron chi connectivity index (χ1n) is 5.50. The minimum Gasteiger partial charge on any atom is -0.322 e. The van der Waals surface area contributed by atoms with Gasteiger partial charge in [-0.2, -0.15) is 0 Å². The van der Waals surface area contributed by atoms with E-state index in [2.05, 4.69) is 21.2 Å². The van der Waals surface area contributed by atoms with Gasteiger partial charge >= 0.3 is 0 Å². The van der Waals surface area contributed by atoms with E-state index in [9.17, 15) is 9.18 Å². The first-order valence-corrected chi connectivity index (χ1v) is 6.67. The van der Waals surface area contributed by atoms with Crippen molar-refractivity contribution < 1.29 is 9.18 Å². The number of hydrogen-bond acceptors (Lipinski definition) is 1. The highest BCUT2D eigenvalue weighted by Crippen LogP contribution is 2.23. The average molecular weight is 343 g/mol. The largest absolute Gasteiger partial charge is 0.322 e. The fourth-order valence-electron chi connectivity index (χ4n) is 1.63. The molecule has 0 spiro atoms. The van der Waals surface area contributed by atoms with Crippen molar-refractivity contribution in [3.8, 4) is 0 Å². The number of hydrogen-bond donors (Lipinski definition) is 1. The number of nitrogens with one attached hydrogen (secondary N) is 1. The Morgan fingerprint density at radius 2 is 2.00 bits per heavy atom. The van der Waals surface area contributed by atoms with E-state index in [1.807, 2.05) is 0 Å². The van der Waals surface area contributed by atoms with E-state index in [0.29, 0.717) is 26.3 Å². The fraction of sp³-hybridized carbons (Fsp3) is 0.0714. The highest BCUT2D eigenvalue weighted by atomic mass is 79.9. The summed E-state index contributed by atoms with van der Waals surface area (Å²) in [6.45, 7) is 1.73. The number of halogens is 3. The number of benzene rings is 2. The van der Waals surface area contributed by atoms with Gasteiger partial charge in [0.25, 0.3) is 5.91 Å². The van der Waals surface area contributed by atoms with Crippen molar-refractivity contribution in [2.24, 2.45) is 0 Å². The van der Waals surface area contributed by atoms with Gasteiger partial charge in [-0.15, -0.1) is 0 Å². The monoisotopic (exact) mass is 341 g/mol. The normalized spacial score (nSPS) is 10.3. The van der Waals surface area contributed by atoms with Crippen molar-refractivity contribution in [2.75, 3.05) is 5.32 Å². The maximum absolute atomic E-state index is 13.0. The van der Waals surface area contributed by atoms with E-state index in [4.69, 9.17) is 11.6 Å². The zero-order chi connectivity index (χ0) is 14.0. The molecule has 19 heavy (non-hydrogen) atoms. The average Bonchev–Trinajstić information content (AvgIpc) is 2.35. The lowest BCUT2D eigenvalue weighted by atomic mass is 10.1. The van der Waals surface area contributed by atoms with E-state index < -0.39 is 0 Å². The van der Waals surface area contributed by atoms with Crippen molar-refractivity contribution >= 4 is 39.1 Å². The van der Waals surface area contributed by atoms with Crippen LogP contribution in [0.1, 0.15) is 15.9 Å². The molecule has 2 rings (SSSR count). The van der Waals surface area contributed by atoms with Crippen LogP contribution in [0.4, 0.5) is 10.1 Å². The van der Waals surface area contributed by atoms with Gasteiger partial charge in [-0.25, -0.2) is 4.39 Å². The Balaban J connectivity index is 2.28. The Morgan fingerprint density at radius 1 is 1.26 bits per heavy atom. The lowest BCUT2D eigenvalue weighted by Crippen LogP contribution is -2.13. The molecule has 2 aromatic rings. The zero-order valence-corrected chi connectivity index (χ0v) is 12.3. The lowest BCUT2D eigenvalue weighted by Gasteiger charge is -2.09. The van der Waals surface area contributed by atoms with E-state index in [0.717, 1.165) is 0 Å². The summed E-state index contributed by atoms with van der Waals surface area (Å²) >= 11 is 9.16. The summed E-state index contributed by atoms with van der Waals surface area (Å²) in [4.78, 5) is 12.1. The van der Waals surface area contributed by atoms with E-state index in [1.165, 1.54) is 18.2 Å². The molecule has 0 aliphatic carbocycles. The van der Waals surface area contributed by atoms with Crippen molar-refractivity contribution in [3.05, 3.63) is 62.8 Å². The number of aryl methyl sites for hydroxylation is 1. The Bertz CT molecular complexity index is 645. The molecule has 5 heteroatoms. The second-order valence-electron chi connectivity index (χ2n) is 4.04. The third-order valence-corrected chi connectivity index (χ3v) is 3.54. The standard InChI is InChI=1S/C14H10BrClFNO/c1-8-6-10(17)3-5-13(8)18-14(19)11-7-9(16)2-4-12(11)15/h2-7H,1H3,(H,18,19). The first kappa shape index (κ1) is 14.0. The summed E-state index contributed by atoms with van der Waals surface area (Å²) in [6.07, 6.45) is 0. The summed E-state index contributed by atoms with van der Waals surface area (Å²) in [6, 6.07) is 9.15. The molecule has 0 aromatic heterocycles. The van der Waals surface area contributed by atoms with Crippen LogP contribution in [0.15, 0.2) is 40.9 Å². The molecule has 1 amide bonds. The van der Waals surface area contributed by atoms with Gasteiger partial charge in [-0.05, 0) is 64.8 Å². The zero-order valence-electron chi connectivity index (χ0n) is 10.0. The Labute approximate surface area is 123 Å². The molecular weight excluding hydrogens is 333 g/mol. The fourth-order valence-corrected chi connectivity index (χ4v) is 2.23. The predicted molar refractivity (Wildman–Crippen MR) is 78.2 cm³/mol. The van der Waals surface area contributed by atoms with Crippen LogP contribution in [0.2, 0.25) is 5.02 Å². The van der Waals surface area contributed by atoms with Gasteiger partial charge in [0, 0.05) is 15.2 Å². The van der Waals surface area contributed by atoms with Crippen LogP contribution in [0, 0.1) is 12.7 Å². The molecule has 0 radical (unpaired) electrons. The van der Waals surface area contributed by atoms with Gasteiger partial charge in [0.2, 0.25) is 0 Å². The second-order valence-corrected chi connectivity index (χ2v) is 5.33. The molecule has 0 atom stereocenters. The molecule has 0 heterocycles. The molecular formula is C14H10BrClFNO. The molecule has 98 valence electrons. The SMILES string of the molecule is Cc1cc(F)ccc1NC(=O)c1cc(Cl)ccc1Br. The highest BCUT2D eigenvalue weighted by molar-refractivity contribution is 9.10. The van der Waals surface area contributed by atoms with E-state index in [-0.39, 0.29) is 11.7 Å². The smallest absolute Gasteiger partial charge is 0.256 e. The van der Waals surface area contributed by atoms with Gasteiger partial charge < -0.3 is 5.32 Å². The number of amides is 1. The lowest BCUT2D eigenvalue weighted by molar-refractivity contribution is 0.102. The van der Waals surface area contributed by atoms with Crippen LogP contribution in [-0.2, 0) is 0 Å². The summed E-state index contributed by atoms with van der Waals surface area (Å²) in [7, 11) is 0. The summed E-state index contributed by atoms with van der Waals surface area (Å²) in [5, 5.41) is 3.20. The minimum atomic E-state index is -0.334. The summed E-state index contributed by atoms with van der Waals surface area (Å²) in [5.41, 5.74) is 1.65. The summed E-state index contributed by atoms with van der Waals surface area (Å²) < 4.78 is 13.6. The molecule has 0 unspecified atom stereocenters.